The monoisotopic (exact) mass is 526 g/mol. The van der Waals surface area contributed by atoms with Crippen LogP contribution < -0.4 is 5.32 Å². The topological polar surface area (TPSA) is 76.5 Å². The van der Waals surface area contributed by atoms with Crippen LogP contribution in [0, 0.1) is 6.92 Å². The summed E-state index contributed by atoms with van der Waals surface area (Å²) in [6.45, 7) is 6.89. The number of imidazole rings is 1. The predicted molar refractivity (Wildman–Crippen MR) is 145 cm³/mol. The zero-order valence-corrected chi connectivity index (χ0v) is 22.5. The highest BCUT2D eigenvalue weighted by Crippen LogP contribution is 2.23. The molecule has 3 aromatic rings. The van der Waals surface area contributed by atoms with E-state index in [9.17, 15) is 8.42 Å². The van der Waals surface area contributed by atoms with E-state index >= 15 is 0 Å². The maximum absolute atomic E-state index is 13.6. The molecule has 0 spiro atoms. The lowest BCUT2D eigenvalue weighted by atomic mass is 10.1. The summed E-state index contributed by atoms with van der Waals surface area (Å²) in [5, 5.41) is 3.95. The van der Waals surface area contributed by atoms with Crippen LogP contribution in [0.5, 0.6) is 0 Å². The normalized spacial score (nSPS) is 15.7. The van der Waals surface area contributed by atoms with Crippen LogP contribution in [0.15, 0.2) is 66.0 Å². The van der Waals surface area contributed by atoms with E-state index in [1.165, 1.54) is 0 Å². The van der Waals surface area contributed by atoms with Crippen molar-refractivity contribution in [2.45, 2.75) is 56.8 Å². The van der Waals surface area contributed by atoms with Gasteiger partial charge in [0.15, 0.2) is 5.11 Å². The van der Waals surface area contributed by atoms with Gasteiger partial charge in [0.05, 0.1) is 36.8 Å². The fourth-order valence-electron chi connectivity index (χ4n) is 4.45. The van der Waals surface area contributed by atoms with Crippen molar-refractivity contribution in [2.24, 2.45) is 0 Å². The van der Waals surface area contributed by atoms with E-state index in [0.717, 1.165) is 41.8 Å². The molecular formula is C27H34N4O3S2. The quantitative estimate of drug-likeness (QED) is 0.399. The van der Waals surface area contributed by atoms with E-state index in [-0.39, 0.29) is 17.0 Å². The number of benzene rings is 2. The first-order valence-electron chi connectivity index (χ1n) is 12.4. The van der Waals surface area contributed by atoms with Crippen molar-refractivity contribution in [1.82, 2.24) is 19.8 Å². The molecule has 1 fully saturated rings. The molecule has 0 radical (unpaired) electrons. The fourth-order valence-corrected chi connectivity index (χ4v) is 6.33. The van der Waals surface area contributed by atoms with Crippen LogP contribution >= 0.6 is 12.2 Å². The van der Waals surface area contributed by atoms with Crippen LogP contribution in [-0.4, -0.2) is 53.8 Å². The second-order valence-corrected chi connectivity index (χ2v) is 11.4. The molecule has 0 bridgehead atoms. The number of aryl methyl sites for hydroxylation is 1. The number of aromatic nitrogens is 2. The molecule has 0 aliphatic carbocycles. The Balaban J connectivity index is 1.68. The highest BCUT2D eigenvalue weighted by molar-refractivity contribution is 7.90. The molecule has 1 aromatic heterocycles. The molecule has 1 atom stereocenters. The highest BCUT2D eigenvalue weighted by atomic mass is 32.2. The highest BCUT2D eigenvalue weighted by Gasteiger charge is 2.27. The molecule has 36 heavy (non-hydrogen) atoms. The minimum absolute atomic E-state index is 0.0797. The lowest BCUT2D eigenvalue weighted by Gasteiger charge is -2.28. The summed E-state index contributed by atoms with van der Waals surface area (Å²) in [4.78, 5) is 6.51. The third kappa shape index (κ3) is 6.52. The van der Waals surface area contributed by atoms with Gasteiger partial charge in [-0.1, -0.05) is 54.6 Å². The first-order chi connectivity index (χ1) is 17.4. The molecule has 1 N–H and O–H groups in total. The summed E-state index contributed by atoms with van der Waals surface area (Å²) in [6, 6.07) is 17.4. The van der Waals surface area contributed by atoms with Crippen molar-refractivity contribution in [3.05, 3.63) is 83.2 Å². The van der Waals surface area contributed by atoms with Crippen molar-refractivity contribution < 1.29 is 13.2 Å². The minimum Gasteiger partial charge on any atom is -0.376 e. The molecule has 7 nitrogen and oxygen atoms in total. The Morgan fingerprint density at radius 3 is 2.64 bits per heavy atom. The molecule has 9 heteroatoms. The molecule has 1 aliphatic heterocycles. The Kier molecular flexibility index (Phi) is 8.77. The van der Waals surface area contributed by atoms with Gasteiger partial charge in [-0.3, -0.25) is 0 Å². The van der Waals surface area contributed by atoms with Gasteiger partial charge in [-0.2, -0.15) is 0 Å². The molecule has 0 unspecified atom stereocenters. The van der Waals surface area contributed by atoms with Crippen molar-refractivity contribution in [2.75, 3.05) is 19.7 Å². The summed E-state index contributed by atoms with van der Waals surface area (Å²) >= 11 is 5.67. The van der Waals surface area contributed by atoms with E-state index in [1.54, 1.807) is 6.20 Å². The summed E-state index contributed by atoms with van der Waals surface area (Å²) < 4.78 is 34.9. The van der Waals surface area contributed by atoms with E-state index in [1.807, 2.05) is 73.0 Å². The van der Waals surface area contributed by atoms with Gasteiger partial charge in [0, 0.05) is 19.7 Å². The van der Waals surface area contributed by atoms with Crippen molar-refractivity contribution in [3.8, 4) is 0 Å². The number of nitrogens with one attached hydrogen (secondary N) is 1. The summed E-state index contributed by atoms with van der Waals surface area (Å²) in [7, 11) is -3.69. The van der Waals surface area contributed by atoms with Crippen LogP contribution in [0.4, 0.5) is 0 Å². The van der Waals surface area contributed by atoms with Gasteiger partial charge in [0.2, 0.25) is 15.0 Å². The predicted octanol–water partition coefficient (Wildman–Crippen LogP) is 4.09. The second kappa shape index (κ2) is 12.0. The number of rotatable bonds is 10. The fraction of sp³-hybridized carbons (Fsp3) is 0.407. The first-order valence-corrected chi connectivity index (χ1v) is 14.4. The molecule has 4 rings (SSSR count). The number of hydrogen-bond donors (Lipinski definition) is 1. The largest absolute Gasteiger partial charge is 0.376 e. The zero-order valence-electron chi connectivity index (χ0n) is 20.9. The Hall–Kier alpha value is -2.75. The lowest BCUT2D eigenvalue weighted by Crippen LogP contribution is -2.43. The average molecular weight is 527 g/mol. The minimum atomic E-state index is -3.69. The van der Waals surface area contributed by atoms with Gasteiger partial charge in [0.25, 0.3) is 0 Å². The Labute approximate surface area is 219 Å². The van der Waals surface area contributed by atoms with Crippen molar-refractivity contribution in [3.63, 3.8) is 0 Å². The Bertz CT molecular complexity index is 1270. The maximum atomic E-state index is 13.6. The van der Waals surface area contributed by atoms with Gasteiger partial charge in [-0.25, -0.2) is 13.4 Å². The molecule has 192 valence electrons. The number of nitrogens with zero attached hydrogens (tertiary/aromatic N) is 3. The van der Waals surface area contributed by atoms with Crippen LogP contribution in [0.1, 0.15) is 42.1 Å². The Morgan fingerprint density at radius 2 is 1.94 bits per heavy atom. The van der Waals surface area contributed by atoms with Gasteiger partial charge in [0.1, 0.15) is 0 Å². The number of sulfone groups is 1. The molecule has 2 aromatic carbocycles. The van der Waals surface area contributed by atoms with Crippen LogP contribution in [0.25, 0.3) is 0 Å². The molecule has 1 aliphatic rings. The van der Waals surface area contributed by atoms with Gasteiger partial charge in [-0.15, -0.1) is 0 Å². The second-order valence-electron chi connectivity index (χ2n) is 9.14. The van der Waals surface area contributed by atoms with E-state index in [4.69, 9.17) is 17.0 Å². The molecular weight excluding hydrogens is 492 g/mol. The van der Waals surface area contributed by atoms with Gasteiger partial charge < -0.3 is 19.5 Å². The summed E-state index contributed by atoms with van der Waals surface area (Å²) in [6.07, 6.45) is 3.81. The standard InChI is InChI=1S/C27H34N4O3S2/c1-3-28-26(35)30(19-25-14-9-15-34-25)18-24-16-29-27(31(24)17-22-11-5-4-6-12-22)36(32,33)20-23-13-8-7-10-21(23)2/h4-8,10-13,16,25H,3,9,14-15,17-20H2,1-2H3,(H,28,35)/t25-/m1/s1. The number of thiocarbonyl (C=S) groups is 1. The SMILES string of the molecule is CCNC(=S)N(Cc1cnc(S(=O)(=O)Cc2ccccc2C)n1Cc1ccccc1)C[C@H]1CCCO1. The third-order valence-corrected chi connectivity index (χ3v) is 8.36. The lowest BCUT2D eigenvalue weighted by molar-refractivity contribution is 0.0893. The summed E-state index contributed by atoms with van der Waals surface area (Å²) in [5.74, 6) is -0.0969. The average Bonchev–Trinajstić information content (AvgIpc) is 3.51. The summed E-state index contributed by atoms with van der Waals surface area (Å²) in [5.41, 5.74) is 3.52. The first kappa shape index (κ1) is 26.3. The van der Waals surface area contributed by atoms with E-state index in [0.29, 0.717) is 31.3 Å². The molecule has 0 amide bonds. The molecule has 0 saturated carbocycles. The molecule has 2 heterocycles. The third-order valence-electron chi connectivity index (χ3n) is 6.39. The van der Waals surface area contributed by atoms with Gasteiger partial charge in [-0.05, 0) is 55.6 Å². The maximum Gasteiger partial charge on any atom is 0.228 e. The van der Waals surface area contributed by atoms with Crippen molar-refractivity contribution in [1.29, 1.82) is 0 Å². The van der Waals surface area contributed by atoms with E-state index in [2.05, 4.69) is 15.2 Å². The molecule has 1 saturated heterocycles. The van der Waals surface area contributed by atoms with Crippen LogP contribution in [-0.2, 0) is 33.4 Å². The Morgan fingerprint density at radius 1 is 1.19 bits per heavy atom. The number of ether oxygens (including phenoxy) is 1. The number of hydrogen-bond acceptors (Lipinski definition) is 5. The van der Waals surface area contributed by atoms with Crippen LogP contribution in [0.2, 0.25) is 0 Å². The van der Waals surface area contributed by atoms with Crippen LogP contribution in [0.3, 0.4) is 0 Å². The smallest absolute Gasteiger partial charge is 0.228 e. The zero-order chi connectivity index (χ0) is 25.5. The van der Waals surface area contributed by atoms with Gasteiger partial charge >= 0.3 is 0 Å². The van der Waals surface area contributed by atoms with E-state index < -0.39 is 9.84 Å². The van der Waals surface area contributed by atoms with Crippen molar-refractivity contribution >= 4 is 27.2 Å².